The molecule has 20 heavy (non-hydrogen) atoms. The van der Waals surface area contributed by atoms with Crippen LogP contribution in [0.2, 0.25) is 5.28 Å². The Bertz CT molecular complexity index is 539. The monoisotopic (exact) mass is 295 g/mol. The highest BCUT2D eigenvalue weighted by molar-refractivity contribution is 6.28. The molecule has 2 aliphatic rings. The van der Waals surface area contributed by atoms with Gasteiger partial charge in [0.15, 0.2) is 0 Å². The van der Waals surface area contributed by atoms with Crippen molar-refractivity contribution in [3.63, 3.8) is 0 Å². The van der Waals surface area contributed by atoms with Crippen LogP contribution in [0.25, 0.3) is 0 Å². The fourth-order valence-corrected chi connectivity index (χ4v) is 3.77. The van der Waals surface area contributed by atoms with E-state index in [1.807, 2.05) is 11.0 Å². The molecule has 108 valence electrons. The van der Waals surface area contributed by atoms with E-state index in [4.69, 9.17) is 17.3 Å². The zero-order valence-electron chi connectivity index (χ0n) is 11.4. The van der Waals surface area contributed by atoms with Gasteiger partial charge in [-0.3, -0.25) is 0 Å². The Hall–Kier alpha value is -1.56. The molecule has 3 heterocycles. The molecule has 2 fully saturated rings. The number of halogens is 1. The molecule has 0 spiro atoms. The zero-order chi connectivity index (χ0) is 14.3. The molecule has 7 heteroatoms. The fraction of sp³-hybridized carbons (Fsp3) is 0.615. The number of hydrogen-bond acceptors (Lipinski definition) is 4. The third kappa shape index (κ3) is 1.98. The van der Waals surface area contributed by atoms with Crippen LogP contribution in [-0.2, 0) is 0 Å². The van der Waals surface area contributed by atoms with Gasteiger partial charge in [0, 0.05) is 19.3 Å². The lowest BCUT2D eigenvalue weighted by molar-refractivity contribution is 0.109. The lowest BCUT2D eigenvalue weighted by Crippen LogP contribution is -2.64. The van der Waals surface area contributed by atoms with Crippen LogP contribution in [0.4, 0.5) is 10.6 Å². The summed E-state index contributed by atoms with van der Waals surface area (Å²) >= 11 is 5.87. The first-order chi connectivity index (χ1) is 9.55. The Morgan fingerprint density at radius 2 is 2.45 bits per heavy atom. The number of anilines is 1. The Labute approximate surface area is 122 Å². The van der Waals surface area contributed by atoms with Gasteiger partial charge in [0.1, 0.15) is 5.82 Å². The molecule has 2 amide bonds. The first-order valence-corrected chi connectivity index (χ1v) is 7.26. The Balaban J connectivity index is 1.91. The second-order valence-corrected chi connectivity index (χ2v) is 5.88. The van der Waals surface area contributed by atoms with Crippen LogP contribution in [0, 0.1) is 0 Å². The second-order valence-electron chi connectivity index (χ2n) is 5.54. The summed E-state index contributed by atoms with van der Waals surface area (Å²) in [5.41, 5.74) is 5.40. The maximum absolute atomic E-state index is 11.8. The van der Waals surface area contributed by atoms with Gasteiger partial charge in [0.2, 0.25) is 5.28 Å². The summed E-state index contributed by atoms with van der Waals surface area (Å²) in [7, 11) is 0. The number of urea groups is 1. The number of rotatable bonds is 2. The van der Waals surface area contributed by atoms with Crippen molar-refractivity contribution >= 4 is 23.4 Å². The van der Waals surface area contributed by atoms with Crippen LogP contribution in [0.1, 0.15) is 26.2 Å². The lowest BCUT2D eigenvalue weighted by Gasteiger charge is -2.48. The first kappa shape index (κ1) is 13.4. The molecule has 0 unspecified atom stereocenters. The first-order valence-electron chi connectivity index (χ1n) is 6.88. The maximum atomic E-state index is 11.8. The van der Waals surface area contributed by atoms with Crippen molar-refractivity contribution in [2.45, 2.75) is 37.8 Å². The van der Waals surface area contributed by atoms with Crippen LogP contribution in [-0.4, -0.2) is 45.6 Å². The average Bonchev–Trinajstić information content (AvgIpc) is 2.67. The summed E-state index contributed by atoms with van der Waals surface area (Å²) in [5, 5.41) is 0.248. The van der Waals surface area contributed by atoms with Crippen molar-refractivity contribution in [3.8, 4) is 0 Å². The second kappa shape index (κ2) is 4.77. The van der Waals surface area contributed by atoms with Gasteiger partial charge in [0.05, 0.1) is 11.6 Å². The SMILES string of the molecule is CC[C@@]12CC[C@@H](CN(c3ccnc(Cl)n3)C1)N2C(N)=O. The number of aromatic nitrogens is 2. The summed E-state index contributed by atoms with van der Waals surface area (Å²) < 4.78 is 0. The number of carbonyl (C=O) groups is 1. The van der Waals surface area contributed by atoms with Crippen molar-refractivity contribution < 1.29 is 4.79 Å². The van der Waals surface area contributed by atoms with E-state index < -0.39 is 0 Å². The molecule has 6 nitrogen and oxygen atoms in total. The predicted molar refractivity (Wildman–Crippen MR) is 76.7 cm³/mol. The molecule has 3 rings (SSSR count). The van der Waals surface area contributed by atoms with Gasteiger partial charge >= 0.3 is 6.03 Å². The molecular weight excluding hydrogens is 278 g/mol. The van der Waals surface area contributed by atoms with E-state index in [0.29, 0.717) is 0 Å². The van der Waals surface area contributed by atoms with E-state index in [1.165, 1.54) is 0 Å². The van der Waals surface area contributed by atoms with Gasteiger partial charge in [-0.15, -0.1) is 0 Å². The van der Waals surface area contributed by atoms with Crippen LogP contribution in [0.5, 0.6) is 0 Å². The minimum absolute atomic E-state index is 0.162. The summed E-state index contributed by atoms with van der Waals surface area (Å²) in [5.74, 6) is 0.818. The van der Waals surface area contributed by atoms with E-state index in [-0.39, 0.29) is 22.9 Å². The molecule has 0 radical (unpaired) electrons. The fourth-order valence-electron chi connectivity index (χ4n) is 3.62. The van der Waals surface area contributed by atoms with E-state index in [2.05, 4.69) is 21.8 Å². The van der Waals surface area contributed by atoms with Crippen molar-refractivity contribution in [2.75, 3.05) is 18.0 Å². The van der Waals surface area contributed by atoms with Gasteiger partial charge in [0.25, 0.3) is 0 Å². The van der Waals surface area contributed by atoms with Gasteiger partial charge < -0.3 is 15.5 Å². The van der Waals surface area contributed by atoms with Gasteiger partial charge in [-0.1, -0.05) is 6.92 Å². The largest absolute Gasteiger partial charge is 0.352 e. The van der Waals surface area contributed by atoms with E-state index in [9.17, 15) is 4.79 Å². The normalized spacial score (nSPS) is 28.8. The third-order valence-electron chi connectivity index (χ3n) is 4.57. The highest BCUT2D eigenvalue weighted by Crippen LogP contribution is 2.42. The molecule has 0 saturated carbocycles. The number of primary amides is 1. The van der Waals surface area contributed by atoms with E-state index >= 15 is 0 Å². The molecule has 2 atom stereocenters. The van der Waals surface area contributed by atoms with Gasteiger partial charge in [-0.25, -0.2) is 14.8 Å². The Morgan fingerprint density at radius 1 is 1.65 bits per heavy atom. The molecule has 0 aliphatic carbocycles. The zero-order valence-corrected chi connectivity index (χ0v) is 12.2. The number of piperazine rings is 1. The standard InChI is InChI=1S/C13H18ClN5O/c1-2-13-5-3-9(19(13)12(15)20)7-18(8-13)10-4-6-16-11(14)17-10/h4,6,9H,2-3,5,7-8H2,1H3,(H2,15,20)/t9-,13+/m0/s1. The minimum atomic E-state index is -0.310. The molecule has 1 aromatic heterocycles. The number of hydrogen-bond donors (Lipinski definition) is 1. The van der Waals surface area contributed by atoms with Crippen LogP contribution in [0.15, 0.2) is 12.3 Å². The highest BCUT2D eigenvalue weighted by Gasteiger charge is 2.52. The summed E-state index contributed by atoms with van der Waals surface area (Å²) in [6.07, 6.45) is 4.53. The summed E-state index contributed by atoms with van der Waals surface area (Å²) in [6, 6.07) is 1.71. The van der Waals surface area contributed by atoms with Crippen molar-refractivity contribution in [1.82, 2.24) is 14.9 Å². The molecule has 1 aromatic rings. The third-order valence-corrected chi connectivity index (χ3v) is 4.75. The number of fused-ring (bicyclic) bond motifs is 2. The predicted octanol–water partition coefficient (Wildman–Crippen LogP) is 1.64. The quantitative estimate of drug-likeness (QED) is 0.842. The number of carbonyl (C=O) groups excluding carboxylic acids is 1. The molecule has 0 aromatic carbocycles. The van der Waals surface area contributed by atoms with Crippen molar-refractivity contribution in [1.29, 1.82) is 0 Å². The molecule has 2 N–H and O–H groups in total. The minimum Gasteiger partial charge on any atom is -0.352 e. The highest BCUT2D eigenvalue weighted by atomic mass is 35.5. The number of nitrogens with zero attached hydrogens (tertiary/aromatic N) is 4. The van der Waals surface area contributed by atoms with Crippen molar-refractivity contribution in [3.05, 3.63) is 17.5 Å². The topological polar surface area (TPSA) is 75.3 Å². The van der Waals surface area contributed by atoms with Crippen LogP contribution >= 0.6 is 11.6 Å². The average molecular weight is 296 g/mol. The smallest absolute Gasteiger partial charge is 0.315 e. The van der Waals surface area contributed by atoms with Gasteiger partial charge in [-0.2, -0.15) is 0 Å². The maximum Gasteiger partial charge on any atom is 0.315 e. The number of amides is 2. The molecule has 2 aliphatic heterocycles. The van der Waals surface area contributed by atoms with Crippen LogP contribution in [0.3, 0.4) is 0 Å². The molecular formula is C13H18ClN5O. The van der Waals surface area contributed by atoms with E-state index in [0.717, 1.165) is 38.2 Å². The van der Waals surface area contributed by atoms with E-state index in [1.54, 1.807) is 6.20 Å². The molecule has 2 saturated heterocycles. The Kier molecular flexibility index (Phi) is 3.20. The van der Waals surface area contributed by atoms with Gasteiger partial charge in [-0.05, 0) is 36.9 Å². The lowest BCUT2D eigenvalue weighted by atomic mass is 9.92. The summed E-state index contributed by atoms with van der Waals surface area (Å²) in [6.45, 7) is 3.60. The van der Waals surface area contributed by atoms with Crippen LogP contribution < -0.4 is 10.6 Å². The summed E-state index contributed by atoms with van der Waals surface area (Å²) in [4.78, 5) is 24.0. The van der Waals surface area contributed by atoms with Crippen molar-refractivity contribution in [2.24, 2.45) is 5.73 Å². The number of nitrogens with two attached hydrogens (primary N) is 1. The molecule has 2 bridgehead atoms. The Morgan fingerprint density at radius 3 is 3.10 bits per heavy atom.